The van der Waals surface area contributed by atoms with Crippen LogP contribution < -0.4 is 10.6 Å². The Morgan fingerprint density at radius 3 is 2.67 bits per heavy atom. The van der Waals surface area contributed by atoms with Gasteiger partial charge in [0.2, 0.25) is 11.8 Å². The van der Waals surface area contributed by atoms with Crippen molar-refractivity contribution in [3.05, 3.63) is 53.7 Å². The van der Waals surface area contributed by atoms with Crippen LogP contribution in [0.25, 0.3) is 11.0 Å². The van der Waals surface area contributed by atoms with Crippen LogP contribution in [0.3, 0.4) is 0 Å². The highest BCUT2D eigenvalue weighted by molar-refractivity contribution is 5.87. The van der Waals surface area contributed by atoms with Crippen molar-refractivity contribution in [3.8, 4) is 0 Å². The second-order valence-electron chi connectivity index (χ2n) is 9.04. The molecule has 1 aromatic carbocycles. The molecule has 5 rings (SSSR count). The molecule has 3 N–H and O–H groups in total. The molecule has 2 aromatic heterocycles. The molecule has 3 aromatic rings. The molecule has 1 unspecified atom stereocenters. The molecule has 2 aliphatic heterocycles. The van der Waals surface area contributed by atoms with Crippen LogP contribution in [0.4, 0.5) is 5.82 Å². The number of anilines is 1. The van der Waals surface area contributed by atoms with Gasteiger partial charge in [-0.1, -0.05) is 30.3 Å². The lowest BCUT2D eigenvalue weighted by atomic mass is 9.92. The minimum absolute atomic E-state index is 0.106. The van der Waals surface area contributed by atoms with Crippen LogP contribution in [-0.2, 0) is 16.1 Å². The average molecular weight is 447 g/mol. The summed E-state index contributed by atoms with van der Waals surface area (Å²) in [5, 5.41) is 14.8. The molecule has 1 atom stereocenters. The number of amides is 2. The Hall–Kier alpha value is -3.42. The summed E-state index contributed by atoms with van der Waals surface area (Å²) in [5.41, 5.74) is 3.05. The van der Waals surface area contributed by atoms with Gasteiger partial charge in [-0.3, -0.25) is 14.7 Å². The van der Waals surface area contributed by atoms with Gasteiger partial charge in [-0.25, -0.2) is 4.98 Å². The molecule has 0 spiro atoms. The number of carbonyl (C=O) groups excluding carboxylic acids is 2. The highest BCUT2D eigenvalue weighted by Gasteiger charge is 2.27. The number of aromatic amines is 1. The third-order valence-electron chi connectivity index (χ3n) is 6.81. The molecular weight excluding hydrogens is 416 g/mol. The van der Waals surface area contributed by atoms with Crippen molar-refractivity contribution in [1.82, 2.24) is 25.4 Å². The van der Waals surface area contributed by atoms with Gasteiger partial charge in [0.15, 0.2) is 11.5 Å². The van der Waals surface area contributed by atoms with Crippen LogP contribution in [0.1, 0.15) is 55.7 Å². The second-order valence-corrected chi connectivity index (χ2v) is 9.04. The van der Waals surface area contributed by atoms with Crippen molar-refractivity contribution >= 4 is 28.7 Å². The highest BCUT2D eigenvalue weighted by atomic mass is 16.2. The maximum atomic E-state index is 12.6. The van der Waals surface area contributed by atoms with E-state index in [9.17, 15) is 9.59 Å². The number of piperidine rings is 1. The van der Waals surface area contributed by atoms with E-state index < -0.39 is 0 Å². The molecule has 8 nitrogen and oxygen atoms in total. The largest absolute Gasteiger partial charge is 0.364 e. The molecular formula is C25H30N6O2. The number of hydrogen-bond acceptors (Lipinski definition) is 5. The molecule has 33 heavy (non-hydrogen) atoms. The zero-order chi connectivity index (χ0) is 22.6. The van der Waals surface area contributed by atoms with E-state index in [1.165, 1.54) is 5.56 Å². The lowest BCUT2D eigenvalue weighted by Gasteiger charge is -2.32. The van der Waals surface area contributed by atoms with Crippen molar-refractivity contribution in [2.75, 3.05) is 18.4 Å². The van der Waals surface area contributed by atoms with E-state index in [0.29, 0.717) is 25.3 Å². The topological polar surface area (TPSA) is 103 Å². The van der Waals surface area contributed by atoms with Crippen LogP contribution >= 0.6 is 0 Å². The number of carbonyl (C=O) groups is 2. The van der Waals surface area contributed by atoms with Crippen LogP contribution in [0.5, 0.6) is 0 Å². The van der Waals surface area contributed by atoms with Crippen LogP contribution in [0, 0.1) is 0 Å². The summed E-state index contributed by atoms with van der Waals surface area (Å²) in [6.45, 7) is 2.22. The zero-order valence-corrected chi connectivity index (χ0v) is 18.7. The minimum atomic E-state index is 0.106. The number of benzene rings is 1. The summed E-state index contributed by atoms with van der Waals surface area (Å²) >= 11 is 0. The Bertz CT molecular complexity index is 1120. The van der Waals surface area contributed by atoms with Crippen LogP contribution in [-0.4, -0.2) is 51.0 Å². The molecule has 2 aliphatic rings. The number of hydrogen-bond donors (Lipinski definition) is 3. The molecule has 2 amide bonds. The molecule has 0 radical (unpaired) electrons. The Balaban J connectivity index is 1.14. The monoisotopic (exact) mass is 446 g/mol. The van der Waals surface area contributed by atoms with Gasteiger partial charge in [-0.15, -0.1) is 0 Å². The number of pyridine rings is 1. The van der Waals surface area contributed by atoms with Gasteiger partial charge in [0.1, 0.15) is 0 Å². The predicted molar refractivity (Wildman–Crippen MR) is 127 cm³/mol. The van der Waals surface area contributed by atoms with E-state index >= 15 is 0 Å². The normalized spacial score (nSPS) is 19.1. The Kier molecular flexibility index (Phi) is 6.24. The molecule has 8 heteroatoms. The number of nitrogens with one attached hydrogen (secondary N) is 3. The number of fused-ring (bicyclic) bond motifs is 1. The third-order valence-corrected chi connectivity index (χ3v) is 6.81. The smallest absolute Gasteiger partial charge is 0.222 e. The van der Waals surface area contributed by atoms with Crippen molar-refractivity contribution in [2.45, 2.75) is 57.0 Å². The summed E-state index contributed by atoms with van der Waals surface area (Å²) in [5.74, 6) is 1.46. The van der Waals surface area contributed by atoms with Gasteiger partial charge < -0.3 is 15.5 Å². The summed E-state index contributed by atoms with van der Waals surface area (Å²) in [4.78, 5) is 30.7. The van der Waals surface area contributed by atoms with E-state index in [1.807, 2.05) is 23.1 Å². The number of aromatic nitrogens is 3. The van der Waals surface area contributed by atoms with E-state index in [-0.39, 0.29) is 17.9 Å². The first-order valence-electron chi connectivity index (χ1n) is 11.9. The summed E-state index contributed by atoms with van der Waals surface area (Å²) in [6.07, 6.45) is 4.51. The van der Waals surface area contributed by atoms with Gasteiger partial charge in [-0.2, -0.15) is 5.10 Å². The molecule has 0 saturated carbocycles. The quantitative estimate of drug-likeness (QED) is 0.517. The maximum absolute atomic E-state index is 12.6. The fraction of sp³-hybridized carbons (Fsp3) is 0.440. The SMILES string of the molecule is O=C1CCC(CCC(=O)N2CCC(c3ccc4c(NCc5ccccc5)n[nH]c4n3)CC2)N1. The van der Waals surface area contributed by atoms with Crippen molar-refractivity contribution in [2.24, 2.45) is 0 Å². The van der Waals surface area contributed by atoms with Gasteiger partial charge in [0, 0.05) is 50.1 Å². The molecule has 172 valence electrons. The highest BCUT2D eigenvalue weighted by Crippen LogP contribution is 2.29. The number of H-pyrrole nitrogens is 1. The molecule has 2 saturated heterocycles. The van der Waals surface area contributed by atoms with Gasteiger partial charge in [-0.05, 0) is 43.4 Å². The van der Waals surface area contributed by atoms with E-state index in [2.05, 4.69) is 45.1 Å². The third kappa shape index (κ3) is 4.99. The molecule has 2 fully saturated rings. The van der Waals surface area contributed by atoms with Gasteiger partial charge >= 0.3 is 0 Å². The lowest BCUT2D eigenvalue weighted by molar-refractivity contribution is -0.132. The van der Waals surface area contributed by atoms with E-state index in [4.69, 9.17) is 4.98 Å². The minimum Gasteiger partial charge on any atom is -0.364 e. The predicted octanol–water partition coefficient (Wildman–Crippen LogP) is 3.33. The summed E-state index contributed by atoms with van der Waals surface area (Å²) in [6, 6.07) is 14.6. The first kappa shape index (κ1) is 21.4. The van der Waals surface area contributed by atoms with Crippen LogP contribution in [0.2, 0.25) is 0 Å². The Morgan fingerprint density at radius 2 is 1.91 bits per heavy atom. The fourth-order valence-electron chi connectivity index (χ4n) is 4.84. The molecule has 4 heterocycles. The van der Waals surface area contributed by atoms with Gasteiger partial charge in [0.05, 0.1) is 5.39 Å². The molecule has 0 aliphatic carbocycles. The number of nitrogens with zero attached hydrogens (tertiary/aromatic N) is 3. The fourth-order valence-corrected chi connectivity index (χ4v) is 4.84. The van der Waals surface area contributed by atoms with E-state index in [0.717, 1.165) is 61.3 Å². The summed E-state index contributed by atoms with van der Waals surface area (Å²) < 4.78 is 0. The maximum Gasteiger partial charge on any atom is 0.222 e. The first-order valence-corrected chi connectivity index (χ1v) is 11.9. The van der Waals surface area contributed by atoms with Crippen LogP contribution in [0.15, 0.2) is 42.5 Å². The number of rotatable bonds is 7. The lowest BCUT2D eigenvalue weighted by Crippen LogP contribution is -2.38. The van der Waals surface area contributed by atoms with Crippen molar-refractivity contribution in [1.29, 1.82) is 0 Å². The number of likely N-dealkylation sites (tertiary alicyclic amines) is 1. The summed E-state index contributed by atoms with van der Waals surface area (Å²) in [7, 11) is 0. The Labute approximate surface area is 193 Å². The first-order chi connectivity index (χ1) is 16.2. The standard InChI is InChI=1S/C25H30N6O2/c32-22-10-6-19(27-22)7-11-23(33)31-14-12-18(13-15-31)21-9-8-20-24(29-30-25(20)28-21)26-16-17-4-2-1-3-5-17/h1-5,8-9,18-19H,6-7,10-16H2,(H,27,32)(H2,26,28,29,30). The van der Waals surface area contributed by atoms with Gasteiger partial charge in [0.25, 0.3) is 0 Å². The second kappa shape index (κ2) is 9.60. The zero-order valence-electron chi connectivity index (χ0n) is 18.7. The van der Waals surface area contributed by atoms with Crippen molar-refractivity contribution in [3.63, 3.8) is 0 Å². The molecule has 0 bridgehead atoms. The van der Waals surface area contributed by atoms with E-state index in [1.54, 1.807) is 0 Å². The average Bonchev–Trinajstić information content (AvgIpc) is 3.47. The Morgan fingerprint density at radius 1 is 1.09 bits per heavy atom. The van der Waals surface area contributed by atoms with Crippen molar-refractivity contribution < 1.29 is 9.59 Å².